The largest absolute Gasteiger partial charge is 0.493 e. The highest BCUT2D eigenvalue weighted by Crippen LogP contribution is 2.53. The van der Waals surface area contributed by atoms with Crippen LogP contribution in [0.2, 0.25) is 0 Å². The number of halogens is 3. The molecule has 0 aromatic heterocycles. The van der Waals surface area contributed by atoms with Gasteiger partial charge in [0.25, 0.3) is 11.8 Å². The summed E-state index contributed by atoms with van der Waals surface area (Å²) in [6, 6.07) is 8.66. The summed E-state index contributed by atoms with van der Waals surface area (Å²) in [5.74, 6) is -3.41. The SMILES string of the molecule is COc1cc(C(=O)N[C@@]2(C(F)(F)F)C(=O)N(c3ccc(C)cc3)C3=C2C(=O)CC(C)(C)C3)cc(OC)c1OC. The molecule has 0 fully saturated rings. The zero-order valence-corrected chi connectivity index (χ0v) is 22.4. The monoisotopic (exact) mass is 546 g/mol. The van der Waals surface area contributed by atoms with Gasteiger partial charge in [-0.1, -0.05) is 31.5 Å². The number of aryl methyl sites for hydroxylation is 1. The minimum absolute atomic E-state index is 0.0194. The van der Waals surface area contributed by atoms with Crippen molar-refractivity contribution in [2.45, 2.75) is 45.3 Å². The first-order valence-corrected chi connectivity index (χ1v) is 12.1. The number of hydrogen-bond acceptors (Lipinski definition) is 6. The Hall–Kier alpha value is -4.02. The summed E-state index contributed by atoms with van der Waals surface area (Å²) in [5, 5.41) is 1.92. The van der Waals surface area contributed by atoms with Gasteiger partial charge in [0.05, 0.1) is 26.9 Å². The Morgan fingerprint density at radius 1 is 0.949 bits per heavy atom. The number of amides is 2. The molecule has 1 aliphatic carbocycles. The Morgan fingerprint density at radius 2 is 1.51 bits per heavy atom. The summed E-state index contributed by atoms with van der Waals surface area (Å²) >= 11 is 0. The second kappa shape index (κ2) is 9.62. The van der Waals surface area contributed by atoms with E-state index in [2.05, 4.69) is 0 Å². The fourth-order valence-electron chi connectivity index (χ4n) is 5.17. The summed E-state index contributed by atoms with van der Waals surface area (Å²) in [6.07, 6.45) is -5.55. The number of benzene rings is 2. The standard InChI is InChI=1S/C28H29F3N2O6/c1-15-7-9-17(10-8-15)33-18-13-26(2,3)14-19(34)22(18)27(25(33)36,28(29,30)31)32-24(35)16-11-20(37-4)23(39-6)21(12-16)38-5/h7-12H,13-14H2,1-6H3,(H,32,35)/t27-/m1/s1. The van der Waals surface area contributed by atoms with E-state index in [1.807, 2.05) is 5.32 Å². The maximum absolute atomic E-state index is 15.1. The van der Waals surface area contributed by atoms with Gasteiger partial charge in [-0.2, -0.15) is 13.2 Å². The molecule has 0 saturated heterocycles. The third-order valence-corrected chi connectivity index (χ3v) is 6.97. The first-order valence-electron chi connectivity index (χ1n) is 12.1. The summed E-state index contributed by atoms with van der Waals surface area (Å²) < 4.78 is 61.0. The number of ketones is 1. The van der Waals surface area contributed by atoms with E-state index in [1.54, 1.807) is 32.9 Å². The van der Waals surface area contributed by atoms with Crippen molar-refractivity contribution >= 4 is 23.3 Å². The molecular formula is C28H29F3N2O6. The van der Waals surface area contributed by atoms with Crippen LogP contribution in [0.25, 0.3) is 0 Å². The van der Waals surface area contributed by atoms with Gasteiger partial charge in [0, 0.05) is 23.4 Å². The maximum Gasteiger partial charge on any atom is 0.425 e. The van der Waals surface area contributed by atoms with E-state index in [9.17, 15) is 14.4 Å². The fraction of sp³-hybridized carbons (Fsp3) is 0.393. The maximum atomic E-state index is 15.1. The molecule has 0 radical (unpaired) electrons. The number of carbonyl (C=O) groups is 3. The van der Waals surface area contributed by atoms with E-state index in [1.165, 1.54) is 45.6 Å². The molecule has 39 heavy (non-hydrogen) atoms. The van der Waals surface area contributed by atoms with Crippen LogP contribution in [0.15, 0.2) is 47.7 Å². The van der Waals surface area contributed by atoms with Crippen molar-refractivity contribution in [2.75, 3.05) is 26.2 Å². The first-order chi connectivity index (χ1) is 18.2. The van der Waals surface area contributed by atoms with E-state index < -0.39 is 40.3 Å². The van der Waals surface area contributed by atoms with Crippen molar-refractivity contribution in [1.29, 1.82) is 0 Å². The molecule has 8 nitrogen and oxygen atoms in total. The van der Waals surface area contributed by atoms with Crippen LogP contribution >= 0.6 is 0 Å². The van der Waals surface area contributed by atoms with E-state index >= 15 is 13.2 Å². The lowest BCUT2D eigenvalue weighted by Crippen LogP contribution is -2.66. The summed E-state index contributed by atoms with van der Waals surface area (Å²) in [5.41, 5.74) is -4.44. The highest BCUT2D eigenvalue weighted by atomic mass is 19.4. The number of hydrogen-bond donors (Lipinski definition) is 1. The topological polar surface area (TPSA) is 94.2 Å². The Kier molecular flexibility index (Phi) is 6.91. The number of Topliss-reactive ketones (excluding diaryl/α,β-unsaturated/α-hetero) is 1. The molecule has 11 heteroatoms. The van der Waals surface area contributed by atoms with Crippen LogP contribution in [0.1, 0.15) is 42.6 Å². The second-order valence-corrected chi connectivity index (χ2v) is 10.4. The van der Waals surface area contributed by atoms with Gasteiger partial charge in [-0.25, -0.2) is 0 Å². The minimum atomic E-state index is -5.35. The molecule has 0 unspecified atom stereocenters. The molecule has 1 N–H and O–H groups in total. The molecule has 2 aromatic rings. The third kappa shape index (κ3) is 4.49. The van der Waals surface area contributed by atoms with Gasteiger partial charge in [-0.15, -0.1) is 0 Å². The van der Waals surface area contributed by atoms with Gasteiger partial charge in [0.2, 0.25) is 11.3 Å². The lowest BCUT2D eigenvalue weighted by atomic mass is 9.72. The number of anilines is 1. The van der Waals surface area contributed by atoms with E-state index in [-0.39, 0.29) is 47.0 Å². The average Bonchev–Trinajstić information content (AvgIpc) is 3.10. The summed E-state index contributed by atoms with van der Waals surface area (Å²) in [7, 11) is 3.91. The Bertz CT molecular complexity index is 1360. The fourth-order valence-corrected chi connectivity index (χ4v) is 5.17. The number of carbonyl (C=O) groups excluding carboxylic acids is 3. The molecule has 2 amide bonds. The zero-order valence-electron chi connectivity index (χ0n) is 22.4. The van der Waals surface area contributed by atoms with Gasteiger partial charge >= 0.3 is 6.18 Å². The minimum Gasteiger partial charge on any atom is -0.493 e. The van der Waals surface area contributed by atoms with Crippen LogP contribution in [0.4, 0.5) is 18.9 Å². The van der Waals surface area contributed by atoms with Crippen LogP contribution in [0.3, 0.4) is 0 Å². The van der Waals surface area contributed by atoms with Crippen molar-refractivity contribution in [3.05, 3.63) is 58.8 Å². The molecule has 1 atom stereocenters. The van der Waals surface area contributed by atoms with Gasteiger partial charge in [-0.05, 0) is 43.0 Å². The Labute approximate surface area is 223 Å². The quantitative estimate of drug-likeness (QED) is 0.563. The summed E-state index contributed by atoms with van der Waals surface area (Å²) in [4.78, 5) is 41.7. The number of ether oxygens (including phenoxy) is 3. The molecule has 0 bridgehead atoms. The predicted octanol–water partition coefficient (Wildman–Crippen LogP) is 4.74. The van der Waals surface area contributed by atoms with Crippen LogP contribution < -0.4 is 24.4 Å². The van der Waals surface area contributed by atoms with Crippen molar-refractivity contribution in [3.63, 3.8) is 0 Å². The number of rotatable bonds is 6. The van der Waals surface area contributed by atoms with Crippen molar-refractivity contribution in [2.24, 2.45) is 5.41 Å². The molecule has 4 rings (SSSR count). The average molecular weight is 547 g/mol. The van der Waals surface area contributed by atoms with Crippen molar-refractivity contribution in [1.82, 2.24) is 5.32 Å². The molecule has 208 valence electrons. The van der Waals surface area contributed by atoms with Crippen molar-refractivity contribution < 1.29 is 41.8 Å². The van der Waals surface area contributed by atoms with Crippen LogP contribution in [0, 0.1) is 12.3 Å². The molecule has 0 saturated carbocycles. The van der Waals surface area contributed by atoms with E-state index in [0.717, 1.165) is 10.5 Å². The zero-order chi connectivity index (χ0) is 28.9. The van der Waals surface area contributed by atoms with Crippen LogP contribution in [-0.2, 0) is 9.59 Å². The van der Waals surface area contributed by atoms with Gasteiger partial charge in [0.15, 0.2) is 17.3 Å². The molecular weight excluding hydrogens is 517 g/mol. The smallest absolute Gasteiger partial charge is 0.425 e. The first kappa shape index (κ1) is 28.0. The molecule has 1 heterocycles. The number of alkyl halides is 3. The highest BCUT2D eigenvalue weighted by Gasteiger charge is 2.72. The van der Waals surface area contributed by atoms with Gasteiger partial charge in [0.1, 0.15) is 0 Å². The molecule has 0 spiro atoms. The molecule has 1 aliphatic heterocycles. The van der Waals surface area contributed by atoms with Gasteiger partial charge < -0.3 is 19.5 Å². The van der Waals surface area contributed by atoms with Crippen LogP contribution in [0.5, 0.6) is 17.2 Å². The summed E-state index contributed by atoms with van der Waals surface area (Å²) in [6.45, 7) is 5.29. The lowest BCUT2D eigenvalue weighted by molar-refractivity contribution is -0.186. The Balaban J connectivity index is 1.92. The predicted molar refractivity (Wildman–Crippen MR) is 136 cm³/mol. The van der Waals surface area contributed by atoms with Crippen LogP contribution in [-0.4, -0.2) is 50.6 Å². The third-order valence-electron chi connectivity index (χ3n) is 6.97. The van der Waals surface area contributed by atoms with E-state index in [4.69, 9.17) is 14.2 Å². The second-order valence-electron chi connectivity index (χ2n) is 10.4. The lowest BCUT2D eigenvalue weighted by Gasteiger charge is -2.35. The highest BCUT2D eigenvalue weighted by molar-refractivity contribution is 6.21. The number of nitrogens with one attached hydrogen (secondary N) is 1. The van der Waals surface area contributed by atoms with E-state index in [0.29, 0.717) is 0 Å². The number of nitrogens with zero attached hydrogens (tertiary/aromatic N) is 1. The van der Waals surface area contributed by atoms with Crippen molar-refractivity contribution in [3.8, 4) is 17.2 Å². The molecule has 2 aliphatic rings. The Morgan fingerprint density at radius 3 is 2.00 bits per heavy atom. The number of allylic oxidation sites excluding steroid dienone is 1. The normalized spacial score (nSPS) is 20.6. The molecule has 2 aromatic carbocycles. The van der Waals surface area contributed by atoms with Gasteiger partial charge in [-0.3, -0.25) is 19.3 Å². The number of methoxy groups -OCH3 is 3.